The lowest BCUT2D eigenvalue weighted by Crippen LogP contribution is -2.12. The lowest BCUT2D eigenvalue weighted by atomic mass is 9.86. The predicted molar refractivity (Wildman–Crippen MR) is 88.4 cm³/mol. The molecule has 4 rings (SSSR count). The zero-order valence-corrected chi connectivity index (χ0v) is 12.6. The van der Waals surface area contributed by atoms with E-state index < -0.39 is 11.6 Å². The van der Waals surface area contributed by atoms with Crippen molar-refractivity contribution in [2.24, 2.45) is 0 Å². The maximum Gasteiger partial charge on any atom is 0.162 e. The molecule has 1 unspecified atom stereocenters. The van der Waals surface area contributed by atoms with Gasteiger partial charge in [0.25, 0.3) is 0 Å². The number of ether oxygens (including phenoxy) is 1. The Balaban J connectivity index is 2.15. The average molecular weight is 308 g/mol. The van der Waals surface area contributed by atoms with Crippen LogP contribution in [0.15, 0.2) is 49.0 Å². The van der Waals surface area contributed by atoms with Gasteiger partial charge < -0.3 is 4.74 Å². The third-order valence-electron chi connectivity index (χ3n) is 4.36. The van der Waals surface area contributed by atoms with Crippen LogP contribution < -0.4 is 4.74 Å². The first-order valence-corrected chi connectivity index (χ1v) is 7.44. The third kappa shape index (κ3) is 1.96. The quantitative estimate of drug-likeness (QED) is 0.545. The second-order valence-corrected chi connectivity index (χ2v) is 5.70. The molecule has 0 N–H and O–H groups in total. The fourth-order valence-corrected chi connectivity index (χ4v) is 3.34. The molecule has 1 aliphatic heterocycles. The van der Waals surface area contributed by atoms with E-state index in [9.17, 15) is 8.78 Å². The van der Waals surface area contributed by atoms with Crippen LogP contribution in [0.4, 0.5) is 8.78 Å². The van der Waals surface area contributed by atoms with Crippen LogP contribution in [0.2, 0.25) is 0 Å². The van der Waals surface area contributed by atoms with Gasteiger partial charge in [-0.25, -0.2) is 8.78 Å². The van der Waals surface area contributed by atoms with Crippen molar-refractivity contribution < 1.29 is 13.5 Å². The van der Waals surface area contributed by atoms with Gasteiger partial charge in [0.15, 0.2) is 11.6 Å². The molecule has 0 amide bonds. The Kier molecular flexibility index (Phi) is 2.98. The molecule has 0 spiro atoms. The second-order valence-electron chi connectivity index (χ2n) is 5.70. The highest BCUT2D eigenvalue weighted by Crippen LogP contribution is 2.46. The maximum atomic E-state index is 13.7. The van der Waals surface area contributed by atoms with Crippen molar-refractivity contribution in [1.82, 2.24) is 0 Å². The summed E-state index contributed by atoms with van der Waals surface area (Å²) in [6.45, 7) is 5.79. The van der Waals surface area contributed by atoms with Gasteiger partial charge in [-0.05, 0) is 41.0 Å². The Hall–Kier alpha value is -2.68. The van der Waals surface area contributed by atoms with E-state index in [0.717, 1.165) is 33.5 Å². The van der Waals surface area contributed by atoms with Crippen molar-refractivity contribution in [3.8, 4) is 16.9 Å². The predicted octanol–water partition coefficient (Wildman–Crippen LogP) is 5.88. The minimum atomic E-state index is -0.899. The van der Waals surface area contributed by atoms with Crippen LogP contribution in [-0.2, 0) is 0 Å². The van der Waals surface area contributed by atoms with Crippen LogP contribution in [0.1, 0.15) is 24.2 Å². The Morgan fingerprint density at radius 1 is 1.00 bits per heavy atom. The molecule has 0 saturated carbocycles. The molecule has 1 atom stereocenters. The molecule has 0 bridgehead atoms. The summed E-state index contributed by atoms with van der Waals surface area (Å²) in [6.07, 6.45) is 1.54. The van der Waals surface area contributed by atoms with Crippen molar-refractivity contribution in [1.29, 1.82) is 0 Å². The first-order valence-electron chi connectivity index (χ1n) is 7.44. The summed E-state index contributed by atoms with van der Waals surface area (Å²) < 4.78 is 33.1. The van der Waals surface area contributed by atoms with Gasteiger partial charge in [-0.2, -0.15) is 0 Å². The van der Waals surface area contributed by atoms with Crippen molar-refractivity contribution in [3.05, 3.63) is 71.8 Å². The Morgan fingerprint density at radius 3 is 2.43 bits per heavy atom. The molecule has 0 aromatic heterocycles. The van der Waals surface area contributed by atoms with E-state index in [2.05, 4.69) is 6.58 Å². The van der Waals surface area contributed by atoms with Crippen LogP contribution in [0, 0.1) is 11.6 Å². The van der Waals surface area contributed by atoms with Gasteiger partial charge in [0.1, 0.15) is 11.9 Å². The smallest absolute Gasteiger partial charge is 0.162 e. The third-order valence-corrected chi connectivity index (χ3v) is 4.36. The summed E-state index contributed by atoms with van der Waals surface area (Å²) in [5.41, 5.74) is 3.39. The summed E-state index contributed by atoms with van der Waals surface area (Å²) in [6, 6.07) is 12.3. The molecule has 0 saturated heterocycles. The largest absolute Gasteiger partial charge is 0.485 e. The van der Waals surface area contributed by atoms with Crippen molar-refractivity contribution >= 4 is 16.8 Å². The van der Waals surface area contributed by atoms with Crippen molar-refractivity contribution in [2.45, 2.75) is 13.0 Å². The molecule has 1 aliphatic rings. The molecular weight excluding hydrogens is 294 g/mol. The van der Waals surface area contributed by atoms with Gasteiger partial charge in [0, 0.05) is 17.2 Å². The van der Waals surface area contributed by atoms with E-state index in [-0.39, 0.29) is 6.10 Å². The number of benzene rings is 3. The molecule has 0 aliphatic carbocycles. The summed E-state index contributed by atoms with van der Waals surface area (Å²) in [4.78, 5) is 0. The van der Waals surface area contributed by atoms with E-state index in [0.29, 0.717) is 11.3 Å². The number of fused-ring (bicyclic) bond motifs is 5. The fraction of sp³-hybridized carbons (Fsp3) is 0.100. The number of hydrogen-bond acceptors (Lipinski definition) is 1. The van der Waals surface area contributed by atoms with Crippen molar-refractivity contribution in [3.63, 3.8) is 0 Å². The number of hydrogen-bond donors (Lipinski definition) is 0. The lowest BCUT2D eigenvalue weighted by molar-refractivity contribution is 0.223. The van der Waals surface area contributed by atoms with E-state index in [1.807, 2.05) is 37.3 Å². The maximum absolute atomic E-state index is 13.7. The summed E-state index contributed by atoms with van der Waals surface area (Å²) >= 11 is 0. The Morgan fingerprint density at radius 2 is 1.70 bits per heavy atom. The zero-order chi connectivity index (χ0) is 16.1. The van der Waals surface area contributed by atoms with Gasteiger partial charge >= 0.3 is 0 Å². The number of rotatable bonds is 1. The number of halogens is 2. The van der Waals surface area contributed by atoms with Crippen LogP contribution in [0.3, 0.4) is 0 Å². The molecular formula is C20H14F2O. The lowest BCUT2D eigenvalue weighted by Gasteiger charge is -2.28. The SMILES string of the molecule is C=Cc1cc2c(c3ccccc13)C(C)Oc1cc(F)c(F)cc1-2. The Labute approximate surface area is 132 Å². The minimum absolute atomic E-state index is 0.244. The monoisotopic (exact) mass is 308 g/mol. The molecule has 3 aromatic rings. The highest BCUT2D eigenvalue weighted by Gasteiger charge is 2.27. The standard InChI is InChI=1S/C20H14F2O/c1-3-12-8-16-15-9-17(21)18(22)10-19(15)23-11(2)20(16)14-7-5-4-6-13(12)14/h3-11H,1H2,2H3. The zero-order valence-electron chi connectivity index (χ0n) is 12.6. The normalized spacial score (nSPS) is 15.7. The fourth-order valence-electron chi connectivity index (χ4n) is 3.34. The molecule has 3 heteroatoms. The molecule has 23 heavy (non-hydrogen) atoms. The highest BCUT2D eigenvalue weighted by atomic mass is 19.2. The van der Waals surface area contributed by atoms with Gasteiger partial charge in [0.05, 0.1) is 0 Å². The van der Waals surface area contributed by atoms with E-state index >= 15 is 0 Å². The molecule has 0 radical (unpaired) electrons. The van der Waals surface area contributed by atoms with Crippen LogP contribution in [-0.4, -0.2) is 0 Å². The van der Waals surface area contributed by atoms with Crippen LogP contribution in [0.25, 0.3) is 28.0 Å². The van der Waals surface area contributed by atoms with Crippen molar-refractivity contribution in [2.75, 3.05) is 0 Å². The van der Waals surface area contributed by atoms with Crippen LogP contribution >= 0.6 is 0 Å². The second kappa shape index (κ2) is 4.92. The topological polar surface area (TPSA) is 9.23 Å². The molecule has 1 heterocycles. The summed E-state index contributed by atoms with van der Waals surface area (Å²) in [5.74, 6) is -1.40. The van der Waals surface area contributed by atoms with Crippen LogP contribution in [0.5, 0.6) is 5.75 Å². The molecule has 3 aromatic carbocycles. The molecule has 114 valence electrons. The van der Waals surface area contributed by atoms with E-state index in [1.54, 1.807) is 6.08 Å². The molecule has 1 nitrogen and oxygen atoms in total. The molecule has 0 fully saturated rings. The summed E-state index contributed by atoms with van der Waals surface area (Å²) in [7, 11) is 0. The summed E-state index contributed by atoms with van der Waals surface area (Å²) in [5, 5.41) is 2.12. The van der Waals surface area contributed by atoms with Gasteiger partial charge in [-0.1, -0.05) is 36.9 Å². The van der Waals surface area contributed by atoms with Gasteiger partial charge in [-0.15, -0.1) is 0 Å². The first-order chi connectivity index (χ1) is 11.1. The van der Waals surface area contributed by atoms with E-state index in [4.69, 9.17) is 4.74 Å². The minimum Gasteiger partial charge on any atom is -0.485 e. The van der Waals surface area contributed by atoms with E-state index in [1.165, 1.54) is 6.07 Å². The Bertz CT molecular complexity index is 960. The highest BCUT2D eigenvalue weighted by molar-refractivity contribution is 5.99. The van der Waals surface area contributed by atoms with Gasteiger partial charge in [0.2, 0.25) is 0 Å². The first kappa shape index (κ1) is 13.9. The average Bonchev–Trinajstić information content (AvgIpc) is 2.55. The van der Waals surface area contributed by atoms with Gasteiger partial charge in [-0.3, -0.25) is 0 Å².